The average molecular weight is 357 g/mol. The predicted molar refractivity (Wildman–Crippen MR) is 94.3 cm³/mol. The molecule has 128 valence electrons. The zero-order valence-electron chi connectivity index (χ0n) is 13.2. The predicted octanol–water partition coefficient (Wildman–Crippen LogP) is 0.763. The molecule has 0 amide bonds. The van der Waals surface area contributed by atoms with E-state index in [1.165, 1.54) is 21.9 Å². The Kier molecular flexibility index (Phi) is 4.16. The summed E-state index contributed by atoms with van der Waals surface area (Å²) in [4.78, 5) is 30.0. The van der Waals surface area contributed by atoms with Crippen molar-refractivity contribution in [2.45, 2.75) is 0 Å². The fraction of sp³-hybridized carbons (Fsp3) is 0.250. The summed E-state index contributed by atoms with van der Waals surface area (Å²) >= 11 is 1.35. The topological polar surface area (TPSA) is 88.8 Å². The van der Waals surface area contributed by atoms with Gasteiger partial charge < -0.3 is 15.0 Å². The molecule has 2 aromatic heterocycles. The Hall–Kier alpha value is -2.78. The van der Waals surface area contributed by atoms with E-state index in [0.717, 1.165) is 31.7 Å². The lowest BCUT2D eigenvalue weighted by Crippen LogP contribution is -2.44. The molecule has 9 heteroatoms. The van der Waals surface area contributed by atoms with Gasteiger partial charge in [0.25, 0.3) is 12.0 Å². The van der Waals surface area contributed by atoms with E-state index in [9.17, 15) is 9.59 Å². The summed E-state index contributed by atoms with van der Waals surface area (Å²) in [5, 5.41) is 8.32. The first-order chi connectivity index (χ1) is 12.2. The van der Waals surface area contributed by atoms with Crippen LogP contribution in [-0.2, 0) is 4.79 Å². The van der Waals surface area contributed by atoms with Crippen molar-refractivity contribution in [1.29, 1.82) is 0 Å². The van der Waals surface area contributed by atoms with Gasteiger partial charge >= 0.3 is 0 Å². The lowest BCUT2D eigenvalue weighted by molar-refractivity contribution is -0.120. The molecule has 0 bridgehead atoms. The molecule has 25 heavy (non-hydrogen) atoms. The van der Waals surface area contributed by atoms with Gasteiger partial charge in [0, 0.05) is 37.8 Å². The van der Waals surface area contributed by atoms with E-state index in [-0.39, 0.29) is 5.56 Å². The van der Waals surface area contributed by atoms with Crippen LogP contribution >= 0.6 is 11.3 Å². The summed E-state index contributed by atoms with van der Waals surface area (Å²) in [6, 6.07) is 8.47. The maximum absolute atomic E-state index is 12.4. The summed E-state index contributed by atoms with van der Waals surface area (Å²) in [5.74, 6) is 1.15. The van der Waals surface area contributed by atoms with Crippen LogP contribution < -0.4 is 20.5 Å². The number of fused-ring (bicyclic) bond motifs is 1. The molecule has 1 fully saturated rings. The Morgan fingerprint density at radius 1 is 1.20 bits per heavy atom. The molecule has 0 aliphatic carbocycles. The Morgan fingerprint density at radius 2 is 1.96 bits per heavy atom. The molecule has 8 nitrogen and oxygen atoms in total. The Balaban J connectivity index is 1.70. The third kappa shape index (κ3) is 3.11. The average Bonchev–Trinajstić information content (AvgIpc) is 3.08. The van der Waals surface area contributed by atoms with Crippen molar-refractivity contribution in [2.75, 3.05) is 31.1 Å². The van der Waals surface area contributed by atoms with Crippen molar-refractivity contribution < 1.29 is 9.53 Å². The smallest absolute Gasteiger partial charge is 0.298 e. The highest BCUT2D eigenvalue weighted by atomic mass is 32.1. The minimum Gasteiger partial charge on any atom is -0.429 e. The lowest BCUT2D eigenvalue weighted by atomic mass is 10.2. The van der Waals surface area contributed by atoms with Crippen LogP contribution in [0.2, 0.25) is 0 Å². The van der Waals surface area contributed by atoms with E-state index in [4.69, 9.17) is 4.74 Å². The highest BCUT2D eigenvalue weighted by Gasteiger charge is 2.16. The van der Waals surface area contributed by atoms with Crippen molar-refractivity contribution in [3.05, 3.63) is 40.7 Å². The third-order valence-electron chi connectivity index (χ3n) is 3.96. The molecule has 0 unspecified atom stereocenters. The third-order valence-corrected chi connectivity index (χ3v) is 4.92. The molecule has 1 N–H and O–H groups in total. The van der Waals surface area contributed by atoms with Gasteiger partial charge in [0.15, 0.2) is 0 Å². The highest BCUT2D eigenvalue weighted by molar-refractivity contribution is 7.19. The van der Waals surface area contributed by atoms with Crippen LogP contribution in [0.3, 0.4) is 0 Å². The summed E-state index contributed by atoms with van der Waals surface area (Å²) < 4.78 is 6.10. The van der Waals surface area contributed by atoms with Crippen LogP contribution in [-0.4, -0.2) is 47.2 Å². The number of nitrogens with one attached hydrogen (secondary N) is 1. The zero-order chi connectivity index (χ0) is 17.2. The molecule has 0 radical (unpaired) electrons. The molecule has 1 aliphatic rings. The van der Waals surface area contributed by atoms with Crippen molar-refractivity contribution in [3.8, 4) is 16.3 Å². The molecule has 0 saturated carbocycles. The van der Waals surface area contributed by atoms with E-state index in [1.807, 2.05) is 0 Å². The van der Waals surface area contributed by atoms with E-state index in [2.05, 4.69) is 20.3 Å². The van der Waals surface area contributed by atoms with Crippen molar-refractivity contribution in [2.24, 2.45) is 0 Å². The molecule has 3 heterocycles. The number of nitrogens with zero attached hydrogens (tertiary/aromatic N) is 4. The summed E-state index contributed by atoms with van der Waals surface area (Å²) in [7, 11) is 0. The Bertz CT molecular complexity index is 960. The van der Waals surface area contributed by atoms with Crippen molar-refractivity contribution in [1.82, 2.24) is 19.9 Å². The van der Waals surface area contributed by atoms with Gasteiger partial charge in [-0.1, -0.05) is 11.3 Å². The Labute approximate surface area is 146 Å². The maximum atomic E-state index is 12.4. The van der Waals surface area contributed by atoms with Crippen LogP contribution in [0.4, 0.5) is 5.82 Å². The number of anilines is 1. The molecule has 3 aromatic rings. The second kappa shape index (κ2) is 6.61. The summed E-state index contributed by atoms with van der Waals surface area (Å²) in [6.45, 7) is 3.79. The van der Waals surface area contributed by atoms with E-state index >= 15 is 0 Å². The number of hydrogen-bond donors (Lipinski definition) is 1. The first-order valence-electron chi connectivity index (χ1n) is 7.82. The minimum atomic E-state index is -0.193. The van der Waals surface area contributed by atoms with Crippen LogP contribution in [0.25, 0.3) is 15.5 Å². The van der Waals surface area contributed by atoms with Crippen molar-refractivity contribution >= 4 is 28.6 Å². The van der Waals surface area contributed by atoms with Crippen LogP contribution in [0, 0.1) is 0 Å². The van der Waals surface area contributed by atoms with Crippen LogP contribution in [0.5, 0.6) is 5.75 Å². The molecule has 1 aliphatic heterocycles. The molecule has 1 aromatic carbocycles. The number of carbonyl (C=O) groups excluding carboxylic acids is 1. The summed E-state index contributed by atoms with van der Waals surface area (Å²) in [6.07, 6.45) is 0. The maximum Gasteiger partial charge on any atom is 0.298 e. The zero-order valence-corrected chi connectivity index (χ0v) is 14.0. The quantitative estimate of drug-likeness (QED) is 0.690. The largest absolute Gasteiger partial charge is 0.429 e. The second-order valence-corrected chi connectivity index (χ2v) is 6.49. The highest BCUT2D eigenvalue weighted by Crippen LogP contribution is 2.26. The van der Waals surface area contributed by atoms with Gasteiger partial charge in [0.05, 0.1) is 0 Å². The minimum absolute atomic E-state index is 0.193. The van der Waals surface area contributed by atoms with Crippen molar-refractivity contribution in [3.63, 3.8) is 0 Å². The number of hydrogen-bond acceptors (Lipinski definition) is 8. The van der Waals surface area contributed by atoms with Gasteiger partial charge in [0.2, 0.25) is 4.96 Å². The molecular weight excluding hydrogens is 342 g/mol. The molecule has 1 saturated heterocycles. The molecular formula is C16H15N5O3S. The summed E-state index contributed by atoms with van der Waals surface area (Å²) in [5.41, 5.74) is 0.638. The molecule has 0 spiro atoms. The van der Waals surface area contributed by atoms with Gasteiger partial charge in [-0.3, -0.25) is 9.59 Å². The SMILES string of the molecule is O=COc1ccc(-c2nn3c(=O)cc(N4CCNCC4)nc3s2)cc1. The van der Waals surface area contributed by atoms with Gasteiger partial charge in [-0.15, -0.1) is 0 Å². The molecule has 0 atom stereocenters. The standard InChI is InChI=1S/C16H15N5O3S/c22-10-24-12-3-1-11(2-4-12)15-19-21-14(23)9-13(18-16(21)25-15)20-7-5-17-6-8-20/h1-4,9-10,17H,5-8H2. The van der Waals surface area contributed by atoms with Gasteiger partial charge in [-0.2, -0.15) is 9.61 Å². The van der Waals surface area contributed by atoms with Gasteiger partial charge in [-0.25, -0.2) is 4.98 Å². The van der Waals surface area contributed by atoms with E-state index in [0.29, 0.717) is 28.0 Å². The fourth-order valence-corrected chi connectivity index (χ4v) is 3.61. The number of piperazine rings is 1. The normalized spacial score (nSPS) is 14.6. The Morgan fingerprint density at radius 3 is 2.68 bits per heavy atom. The number of benzene rings is 1. The van der Waals surface area contributed by atoms with Gasteiger partial charge in [0.1, 0.15) is 16.6 Å². The van der Waals surface area contributed by atoms with Crippen LogP contribution in [0.15, 0.2) is 35.1 Å². The molecule has 4 rings (SSSR count). The second-order valence-electron chi connectivity index (χ2n) is 5.53. The monoisotopic (exact) mass is 357 g/mol. The first-order valence-corrected chi connectivity index (χ1v) is 8.63. The number of aromatic nitrogens is 3. The number of rotatable bonds is 4. The first kappa shape index (κ1) is 15.7. The van der Waals surface area contributed by atoms with Gasteiger partial charge in [-0.05, 0) is 24.3 Å². The fourth-order valence-electron chi connectivity index (χ4n) is 2.70. The lowest BCUT2D eigenvalue weighted by Gasteiger charge is -2.27. The van der Waals surface area contributed by atoms with E-state index in [1.54, 1.807) is 24.3 Å². The van der Waals surface area contributed by atoms with Crippen LogP contribution in [0.1, 0.15) is 0 Å². The van der Waals surface area contributed by atoms with E-state index < -0.39 is 0 Å². The number of carbonyl (C=O) groups is 1. The number of ether oxygens (including phenoxy) is 1.